The molecule has 0 heterocycles. The standard InChI is InChI=1S/C20H17NO5/c1-25-17-11-5-9-15(19(17)23)20(24)26-12-18(22)21-16-10-4-7-13-6-2-3-8-14(13)16/h2-11,23H,12H2,1H3,(H,21,22). The van der Waals surface area contributed by atoms with Gasteiger partial charge in [-0.05, 0) is 23.6 Å². The quantitative estimate of drug-likeness (QED) is 0.689. The number of carbonyl (C=O) groups excluding carboxylic acids is 2. The van der Waals surface area contributed by atoms with E-state index in [1.807, 2.05) is 36.4 Å². The zero-order valence-electron chi connectivity index (χ0n) is 14.1. The number of hydrogen-bond acceptors (Lipinski definition) is 5. The molecule has 0 atom stereocenters. The van der Waals surface area contributed by atoms with Crippen LogP contribution < -0.4 is 10.1 Å². The second kappa shape index (κ2) is 7.57. The highest BCUT2D eigenvalue weighted by atomic mass is 16.5. The molecule has 0 saturated carbocycles. The molecule has 132 valence electrons. The molecule has 6 heteroatoms. The first-order valence-corrected chi connectivity index (χ1v) is 7.91. The highest BCUT2D eigenvalue weighted by molar-refractivity contribution is 6.03. The first kappa shape index (κ1) is 17.3. The number of aromatic hydroxyl groups is 1. The van der Waals surface area contributed by atoms with Gasteiger partial charge < -0.3 is 19.9 Å². The number of ether oxygens (including phenoxy) is 2. The third kappa shape index (κ3) is 3.59. The number of methoxy groups -OCH3 is 1. The fourth-order valence-corrected chi connectivity index (χ4v) is 2.58. The number of para-hydroxylation sites is 1. The van der Waals surface area contributed by atoms with Crippen molar-refractivity contribution in [2.45, 2.75) is 0 Å². The van der Waals surface area contributed by atoms with Crippen LogP contribution in [0.2, 0.25) is 0 Å². The van der Waals surface area contributed by atoms with E-state index in [4.69, 9.17) is 9.47 Å². The van der Waals surface area contributed by atoms with E-state index in [2.05, 4.69) is 5.32 Å². The maximum atomic E-state index is 12.1. The first-order valence-electron chi connectivity index (χ1n) is 7.91. The summed E-state index contributed by atoms with van der Waals surface area (Å²) in [5, 5.41) is 14.6. The highest BCUT2D eigenvalue weighted by Gasteiger charge is 2.17. The minimum atomic E-state index is -0.811. The first-order chi connectivity index (χ1) is 12.6. The van der Waals surface area contributed by atoms with Crippen molar-refractivity contribution in [3.05, 3.63) is 66.2 Å². The third-order valence-corrected chi connectivity index (χ3v) is 3.84. The summed E-state index contributed by atoms with van der Waals surface area (Å²) in [6.07, 6.45) is 0. The largest absolute Gasteiger partial charge is 0.504 e. The summed E-state index contributed by atoms with van der Waals surface area (Å²) in [5.74, 6) is -1.46. The molecular formula is C20H17NO5. The summed E-state index contributed by atoms with van der Waals surface area (Å²) in [6.45, 7) is -0.474. The minimum absolute atomic E-state index is 0.0673. The van der Waals surface area contributed by atoms with Gasteiger partial charge in [-0.25, -0.2) is 4.79 Å². The summed E-state index contributed by atoms with van der Waals surface area (Å²) < 4.78 is 9.93. The van der Waals surface area contributed by atoms with Crippen molar-refractivity contribution in [1.29, 1.82) is 0 Å². The zero-order chi connectivity index (χ0) is 18.5. The Morgan fingerprint density at radius 1 is 1.00 bits per heavy atom. The van der Waals surface area contributed by atoms with Gasteiger partial charge in [0, 0.05) is 11.1 Å². The average molecular weight is 351 g/mol. The van der Waals surface area contributed by atoms with E-state index in [1.165, 1.54) is 19.2 Å². The van der Waals surface area contributed by atoms with E-state index < -0.39 is 18.5 Å². The Morgan fingerprint density at radius 2 is 1.73 bits per heavy atom. The van der Waals surface area contributed by atoms with Crippen LogP contribution in [0.25, 0.3) is 10.8 Å². The van der Waals surface area contributed by atoms with Crippen molar-refractivity contribution in [3.8, 4) is 11.5 Å². The molecule has 3 rings (SSSR count). The van der Waals surface area contributed by atoms with Gasteiger partial charge in [0.05, 0.1) is 7.11 Å². The Kier molecular flexibility index (Phi) is 5.03. The Balaban J connectivity index is 1.66. The Bertz CT molecular complexity index is 962. The van der Waals surface area contributed by atoms with E-state index in [0.717, 1.165) is 10.8 Å². The van der Waals surface area contributed by atoms with Gasteiger partial charge in [-0.3, -0.25) is 4.79 Å². The van der Waals surface area contributed by atoms with Crippen LogP contribution in [0.4, 0.5) is 5.69 Å². The van der Waals surface area contributed by atoms with Crippen molar-refractivity contribution in [2.24, 2.45) is 0 Å². The SMILES string of the molecule is COc1cccc(C(=O)OCC(=O)Nc2cccc3ccccc23)c1O. The molecule has 0 aliphatic carbocycles. The second-order valence-corrected chi connectivity index (χ2v) is 5.51. The van der Waals surface area contributed by atoms with Gasteiger partial charge >= 0.3 is 5.97 Å². The molecule has 1 amide bonds. The Hall–Kier alpha value is -3.54. The zero-order valence-corrected chi connectivity index (χ0v) is 14.1. The third-order valence-electron chi connectivity index (χ3n) is 3.84. The molecular weight excluding hydrogens is 334 g/mol. The number of phenolic OH excluding ortho intramolecular Hbond substituents is 1. The van der Waals surface area contributed by atoms with Crippen molar-refractivity contribution in [2.75, 3.05) is 19.0 Å². The number of rotatable bonds is 5. The molecule has 0 aliphatic rings. The molecule has 0 fully saturated rings. The molecule has 0 saturated heterocycles. The van der Waals surface area contributed by atoms with E-state index in [9.17, 15) is 14.7 Å². The van der Waals surface area contributed by atoms with Gasteiger partial charge in [-0.15, -0.1) is 0 Å². The van der Waals surface area contributed by atoms with Crippen LogP contribution in [0.1, 0.15) is 10.4 Å². The number of amides is 1. The van der Waals surface area contributed by atoms with Crippen molar-refractivity contribution in [3.63, 3.8) is 0 Å². The van der Waals surface area contributed by atoms with E-state index >= 15 is 0 Å². The average Bonchev–Trinajstić information content (AvgIpc) is 2.66. The smallest absolute Gasteiger partial charge is 0.342 e. The summed E-state index contributed by atoms with van der Waals surface area (Å²) in [5.41, 5.74) is 0.565. The number of phenols is 1. The molecule has 3 aromatic carbocycles. The lowest BCUT2D eigenvalue weighted by molar-refractivity contribution is -0.119. The van der Waals surface area contributed by atoms with E-state index in [0.29, 0.717) is 5.69 Å². The molecule has 0 aliphatic heterocycles. The van der Waals surface area contributed by atoms with Crippen LogP contribution in [0, 0.1) is 0 Å². The lowest BCUT2D eigenvalue weighted by atomic mass is 10.1. The van der Waals surface area contributed by atoms with Crippen molar-refractivity contribution < 1.29 is 24.2 Å². The molecule has 6 nitrogen and oxygen atoms in total. The minimum Gasteiger partial charge on any atom is -0.504 e. The number of fused-ring (bicyclic) bond motifs is 1. The lowest BCUT2D eigenvalue weighted by Gasteiger charge is -2.10. The van der Waals surface area contributed by atoms with Gasteiger partial charge in [-0.1, -0.05) is 42.5 Å². The number of carbonyl (C=O) groups is 2. The summed E-state index contributed by atoms with van der Waals surface area (Å²) >= 11 is 0. The monoisotopic (exact) mass is 351 g/mol. The van der Waals surface area contributed by atoms with Crippen LogP contribution in [0.15, 0.2) is 60.7 Å². The van der Waals surface area contributed by atoms with Crippen molar-refractivity contribution in [1.82, 2.24) is 0 Å². The lowest BCUT2D eigenvalue weighted by Crippen LogP contribution is -2.21. The molecule has 0 aromatic heterocycles. The molecule has 0 bridgehead atoms. The van der Waals surface area contributed by atoms with Gasteiger partial charge in [0.15, 0.2) is 18.1 Å². The maximum Gasteiger partial charge on any atom is 0.342 e. The van der Waals surface area contributed by atoms with Crippen LogP contribution in [-0.4, -0.2) is 30.7 Å². The Labute approximate surface area is 150 Å². The summed E-state index contributed by atoms with van der Waals surface area (Å²) in [6, 6.07) is 17.6. The number of anilines is 1. The van der Waals surface area contributed by atoms with Crippen LogP contribution in [0.3, 0.4) is 0 Å². The highest BCUT2D eigenvalue weighted by Crippen LogP contribution is 2.29. The molecule has 3 aromatic rings. The number of esters is 1. The number of benzene rings is 3. The number of nitrogens with one attached hydrogen (secondary N) is 1. The maximum absolute atomic E-state index is 12.1. The molecule has 0 spiro atoms. The van der Waals surface area contributed by atoms with E-state index in [1.54, 1.807) is 12.1 Å². The Morgan fingerprint density at radius 3 is 2.54 bits per heavy atom. The number of hydrogen-bond donors (Lipinski definition) is 2. The fourth-order valence-electron chi connectivity index (χ4n) is 2.58. The molecule has 26 heavy (non-hydrogen) atoms. The normalized spacial score (nSPS) is 10.3. The fraction of sp³-hybridized carbons (Fsp3) is 0.100. The van der Waals surface area contributed by atoms with E-state index in [-0.39, 0.29) is 17.1 Å². The van der Waals surface area contributed by atoms with Crippen LogP contribution in [0.5, 0.6) is 11.5 Å². The molecule has 0 radical (unpaired) electrons. The molecule has 2 N–H and O–H groups in total. The van der Waals surface area contributed by atoms with Gasteiger partial charge in [0.2, 0.25) is 0 Å². The topological polar surface area (TPSA) is 84.9 Å². The van der Waals surface area contributed by atoms with Gasteiger partial charge in [0.1, 0.15) is 5.56 Å². The molecule has 0 unspecified atom stereocenters. The summed E-state index contributed by atoms with van der Waals surface area (Å²) in [4.78, 5) is 24.2. The van der Waals surface area contributed by atoms with Crippen LogP contribution >= 0.6 is 0 Å². The van der Waals surface area contributed by atoms with Gasteiger partial charge in [-0.2, -0.15) is 0 Å². The van der Waals surface area contributed by atoms with Crippen LogP contribution in [-0.2, 0) is 9.53 Å². The second-order valence-electron chi connectivity index (χ2n) is 5.51. The predicted octanol–water partition coefficient (Wildman–Crippen LogP) is 3.35. The van der Waals surface area contributed by atoms with Crippen molar-refractivity contribution >= 4 is 28.3 Å². The van der Waals surface area contributed by atoms with Gasteiger partial charge in [0.25, 0.3) is 5.91 Å². The summed E-state index contributed by atoms with van der Waals surface area (Å²) in [7, 11) is 1.38. The predicted molar refractivity (Wildman–Crippen MR) is 97.5 cm³/mol.